The predicted molar refractivity (Wildman–Crippen MR) is 129 cm³/mol. The van der Waals surface area contributed by atoms with Crippen LogP contribution in [0.4, 0.5) is 5.69 Å². The van der Waals surface area contributed by atoms with Crippen LogP contribution in [-0.2, 0) is 6.54 Å². The highest BCUT2D eigenvalue weighted by Gasteiger charge is 2.13. The number of nitrogens with zero attached hydrogens (tertiary/aromatic N) is 1. The highest BCUT2D eigenvalue weighted by Crippen LogP contribution is 2.34. The molecule has 30 heavy (non-hydrogen) atoms. The number of thiazole rings is 1. The van der Waals surface area contributed by atoms with Crippen LogP contribution in [0.3, 0.4) is 0 Å². The van der Waals surface area contributed by atoms with Crippen LogP contribution in [0.2, 0.25) is 10.0 Å². The van der Waals surface area contributed by atoms with Gasteiger partial charge in [-0.05, 0) is 74.9 Å². The van der Waals surface area contributed by atoms with Crippen molar-refractivity contribution in [2.45, 2.75) is 33.4 Å². The molecule has 0 fully saturated rings. The zero-order chi connectivity index (χ0) is 21.3. The van der Waals surface area contributed by atoms with Gasteiger partial charge in [0.1, 0.15) is 10.8 Å². The maximum atomic E-state index is 6.35. The number of hydrogen-bond acceptors (Lipinski definition) is 4. The second-order valence-corrected chi connectivity index (χ2v) is 9.34. The summed E-state index contributed by atoms with van der Waals surface area (Å²) in [5, 5.41) is 5.57. The topological polar surface area (TPSA) is 34.2 Å². The van der Waals surface area contributed by atoms with Gasteiger partial charge in [0.05, 0.1) is 21.3 Å². The van der Waals surface area contributed by atoms with E-state index in [4.69, 9.17) is 32.9 Å². The van der Waals surface area contributed by atoms with Crippen molar-refractivity contribution in [1.82, 2.24) is 4.98 Å². The maximum Gasteiger partial charge on any atom is 0.143 e. The molecule has 1 aromatic heterocycles. The number of aromatic nitrogens is 1. The first kappa shape index (κ1) is 21.0. The lowest BCUT2D eigenvalue weighted by Crippen LogP contribution is -2.10. The van der Waals surface area contributed by atoms with E-state index in [0.717, 1.165) is 27.3 Å². The van der Waals surface area contributed by atoms with E-state index < -0.39 is 0 Å². The van der Waals surface area contributed by atoms with Gasteiger partial charge < -0.3 is 10.1 Å². The highest BCUT2D eigenvalue weighted by molar-refractivity contribution is 7.21. The zero-order valence-corrected chi connectivity index (χ0v) is 19.3. The smallest absolute Gasteiger partial charge is 0.143 e. The van der Waals surface area contributed by atoms with Crippen LogP contribution in [0, 0.1) is 6.92 Å². The van der Waals surface area contributed by atoms with Crippen molar-refractivity contribution in [1.29, 1.82) is 0 Å². The molecule has 0 aliphatic heterocycles. The predicted octanol–water partition coefficient (Wildman–Crippen LogP) is 7.98. The van der Waals surface area contributed by atoms with Crippen LogP contribution in [-0.4, -0.2) is 11.1 Å². The molecular formula is C24H22Cl2N2OS. The first-order valence-electron chi connectivity index (χ1n) is 9.75. The van der Waals surface area contributed by atoms with Gasteiger partial charge >= 0.3 is 0 Å². The summed E-state index contributed by atoms with van der Waals surface area (Å²) in [6.07, 6.45) is 0.0271. The van der Waals surface area contributed by atoms with Crippen molar-refractivity contribution >= 4 is 50.4 Å². The molecule has 1 heterocycles. The number of rotatable bonds is 6. The molecule has 1 N–H and O–H groups in total. The Hall–Kier alpha value is -2.27. The molecule has 0 spiro atoms. The molecule has 3 nitrogen and oxygen atoms in total. The first-order chi connectivity index (χ1) is 14.4. The summed E-state index contributed by atoms with van der Waals surface area (Å²) in [4.78, 5) is 4.76. The molecule has 6 heteroatoms. The quantitative estimate of drug-likeness (QED) is 0.319. The zero-order valence-electron chi connectivity index (χ0n) is 17.0. The average Bonchev–Trinajstić information content (AvgIpc) is 3.12. The Morgan fingerprint density at radius 2 is 1.80 bits per heavy atom. The largest absolute Gasteiger partial charge is 0.489 e. The monoisotopic (exact) mass is 456 g/mol. The van der Waals surface area contributed by atoms with Gasteiger partial charge in [-0.3, -0.25) is 0 Å². The summed E-state index contributed by atoms with van der Waals surface area (Å²) < 4.78 is 7.11. The van der Waals surface area contributed by atoms with Crippen molar-refractivity contribution in [3.05, 3.63) is 75.8 Å². The number of ether oxygens (including phenoxy) is 1. The number of aryl methyl sites for hydroxylation is 1. The van der Waals surface area contributed by atoms with Crippen molar-refractivity contribution < 1.29 is 4.74 Å². The van der Waals surface area contributed by atoms with E-state index in [2.05, 4.69) is 54.7 Å². The third-order valence-corrected chi connectivity index (χ3v) is 6.16. The fourth-order valence-electron chi connectivity index (χ4n) is 3.20. The van der Waals surface area contributed by atoms with Crippen LogP contribution in [0.1, 0.15) is 25.0 Å². The molecule has 0 atom stereocenters. The second kappa shape index (κ2) is 8.84. The summed E-state index contributed by atoms with van der Waals surface area (Å²) >= 11 is 14.3. The molecule has 0 aliphatic carbocycles. The third kappa shape index (κ3) is 4.72. The molecule has 4 rings (SSSR count). The minimum atomic E-state index is 0.0271. The van der Waals surface area contributed by atoms with Crippen LogP contribution in [0.25, 0.3) is 20.8 Å². The highest BCUT2D eigenvalue weighted by atomic mass is 35.5. The molecule has 0 saturated carbocycles. The van der Waals surface area contributed by atoms with Crippen molar-refractivity contribution in [2.75, 3.05) is 5.32 Å². The van der Waals surface area contributed by atoms with Crippen molar-refractivity contribution in [3.8, 4) is 16.3 Å². The summed E-state index contributed by atoms with van der Waals surface area (Å²) in [6, 6.07) is 18.2. The SMILES string of the molecule is Cc1ccc2nc(-c3ccc(NCc4cc(Cl)cc(Cl)c4OC(C)C)cc3)sc2c1. The van der Waals surface area contributed by atoms with E-state index in [1.54, 1.807) is 17.4 Å². The normalized spacial score (nSPS) is 11.3. The Labute approximate surface area is 190 Å². The number of halogens is 2. The van der Waals surface area contributed by atoms with Crippen LogP contribution in [0.5, 0.6) is 5.75 Å². The van der Waals surface area contributed by atoms with E-state index in [1.165, 1.54) is 10.3 Å². The van der Waals surface area contributed by atoms with Crippen molar-refractivity contribution in [2.24, 2.45) is 0 Å². The first-order valence-corrected chi connectivity index (χ1v) is 11.3. The molecule has 0 aliphatic rings. The van der Waals surface area contributed by atoms with Crippen molar-refractivity contribution in [3.63, 3.8) is 0 Å². The van der Waals surface area contributed by atoms with Gasteiger partial charge in [0, 0.05) is 28.4 Å². The second-order valence-electron chi connectivity index (χ2n) is 7.46. The standard InChI is InChI=1S/C24H22Cl2N2OS/c1-14(2)29-23-17(11-18(25)12-20(23)26)13-27-19-7-5-16(6-8-19)24-28-21-9-4-15(3)10-22(21)30-24/h4-12,14,27H,13H2,1-3H3. The van der Waals surface area contributed by atoms with E-state index in [0.29, 0.717) is 22.3 Å². The van der Waals surface area contributed by atoms with E-state index in [1.807, 2.05) is 19.9 Å². The van der Waals surface area contributed by atoms with Crippen LogP contribution >= 0.6 is 34.5 Å². The molecule has 0 amide bonds. The Morgan fingerprint density at radius 3 is 2.53 bits per heavy atom. The molecule has 0 unspecified atom stereocenters. The molecule has 0 saturated heterocycles. The van der Waals surface area contributed by atoms with Gasteiger partial charge in [-0.2, -0.15) is 0 Å². The summed E-state index contributed by atoms with van der Waals surface area (Å²) in [7, 11) is 0. The molecule has 4 aromatic rings. The summed E-state index contributed by atoms with van der Waals surface area (Å²) in [5.74, 6) is 0.671. The molecule has 3 aromatic carbocycles. The molecule has 0 radical (unpaired) electrons. The lowest BCUT2D eigenvalue weighted by atomic mass is 10.1. The Kier molecular flexibility index (Phi) is 6.19. The van der Waals surface area contributed by atoms with E-state index in [9.17, 15) is 0 Å². The Morgan fingerprint density at radius 1 is 1.03 bits per heavy atom. The van der Waals surface area contributed by atoms with Gasteiger partial charge in [0.2, 0.25) is 0 Å². The fraction of sp³-hybridized carbons (Fsp3) is 0.208. The summed E-state index contributed by atoms with van der Waals surface area (Å²) in [5.41, 5.74) is 5.32. The van der Waals surface area contributed by atoms with Crippen LogP contribution < -0.4 is 10.1 Å². The van der Waals surface area contributed by atoms with Gasteiger partial charge in [-0.25, -0.2) is 4.98 Å². The van der Waals surface area contributed by atoms with Crippen LogP contribution in [0.15, 0.2) is 54.6 Å². The minimum Gasteiger partial charge on any atom is -0.489 e. The Bertz CT molecular complexity index is 1190. The van der Waals surface area contributed by atoms with E-state index in [-0.39, 0.29) is 6.10 Å². The number of nitrogens with one attached hydrogen (secondary N) is 1. The minimum absolute atomic E-state index is 0.0271. The third-order valence-electron chi connectivity index (χ3n) is 4.60. The lowest BCUT2D eigenvalue weighted by Gasteiger charge is -2.17. The number of anilines is 1. The molecule has 0 bridgehead atoms. The maximum absolute atomic E-state index is 6.35. The Balaban J connectivity index is 1.51. The lowest BCUT2D eigenvalue weighted by molar-refractivity contribution is 0.240. The number of hydrogen-bond donors (Lipinski definition) is 1. The number of benzene rings is 3. The molecule has 154 valence electrons. The molecular weight excluding hydrogens is 435 g/mol. The average molecular weight is 457 g/mol. The fourth-order valence-corrected chi connectivity index (χ4v) is 4.85. The van der Waals surface area contributed by atoms with Gasteiger partial charge in [-0.1, -0.05) is 29.3 Å². The number of fused-ring (bicyclic) bond motifs is 1. The van der Waals surface area contributed by atoms with Gasteiger partial charge in [-0.15, -0.1) is 11.3 Å². The summed E-state index contributed by atoms with van der Waals surface area (Å²) in [6.45, 7) is 6.61. The van der Waals surface area contributed by atoms with Gasteiger partial charge in [0.15, 0.2) is 0 Å². The van der Waals surface area contributed by atoms with Gasteiger partial charge in [0.25, 0.3) is 0 Å². The van der Waals surface area contributed by atoms with E-state index >= 15 is 0 Å².